The molecule has 1 aromatic carbocycles. The summed E-state index contributed by atoms with van der Waals surface area (Å²) in [5.41, 5.74) is 0.874. The third kappa shape index (κ3) is 12.3. The van der Waals surface area contributed by atoms with E-state index in [1.807, 2.05) is 0 Å². The zero-order valence-electron chi connectivity index (χ0n) is 30.6. The highest BCUT2D eigenvalue weighted by Gasteiger charge is 2.57. The fraction of sp³-hybridized carbons (Fsp3) is 0.543. The van der Waals surface area contributed by atoms with Gasteiger partial charge in [0, 0.05) is 54.0 Å². The Morgan fingerprint density at radius 2 is 1.00 bits per heavy atom. The summed E-state index contributed by atoms with van der Waals surface area (Å²) in [6, 6.07) is 6.23. The number of rotatable bonds is 14. The van der Waals surface area contributed by atoms with Crippen LogP contribution < -0.4 is 5.32 Å². The molecule has 2 heterocycles. The number of benzene rings is 1. The van der Waals surface area contributed by atoms with Gasteiger partial charge in [0.25, 0.3) is 5.91 Å². The van der Waals surface area contributed by atoms with Crippen molar-refractivity contribution in [3.05, 3.63) is 42.0 Å². The van der Waals surface area contributed by atoms with E-state index in [0.717, 1.165) is 54.0 Å². The molecule has 1 unspecified atom stereocenters. The predicted molar refractivity (Wildman–Crippen MR) is 177 cm³/mol. The lowest BCUT2D eigenvalue weighted by Crippen LogP contribution is -2.68. The highest BCUT2D eigenvalue weighted by atomic mass is 16.8. The van der Waals surface area contributed by atoms with Gasteiger partial charge in [-0.1, -0.05) is 24.8 Å². The Kier molecular flexibility index (Phi) is 15.6. The Morgan fingerprint density at radius 3 is 1.46 bits per heavy atom. The topological polar surface area (TPSA) is 241 Å². The van der Waals surface area contributed by atoms with Crippen molar-refractivity contribution >= 4 is 53.8 Å². The lowest BCUT2D eigenvalue weighted by Gasteiger charge is -2.48. The van der Waals surface area contributed by atoms with Crippen molar-refractivity contribution in [2.24, 2.45) is 0 Å². The van der Waals surface area contributed by atoms with Crippen molar-refractivity contribution in [2.75, 3.05) is 13.2 Å². The van der Waals surface area contributed by atoms with Gasteiger partial charge in [0.15, 0.2) is 43.0 Å². The molecule has 19 nitrogen and oxygen atoms in total. The molecule has 0 bridgehead atoms. The van der Waals surface area contributed by atoms with E-state index in [1.54, 1.807) is 18.2 Å². The first-order valence-corrected chi connectivity index (χ1v) is 16.5. The molecular formula is C35H43NO18. The number of carbonyl (C=O) groups excluding carboxylic acids is 8. The van der Waals surface area contributed by atoms with Crippen molar-refractivity contribution in [3.8, 4) is 0 Å². The molecule has 0 aromatic heterocycles. The highest BCUT2D eigenvalue weighted by molar-refractivity contribution is 5.94. The van der Waals surface area contributed by atoms with Gasteiger partial charge in [0.1, 0.15) is 31.5 Å². The molecule has 1 amide bonds. The van der Waals surface area contributed by atoms with Gasteiger partial charge in [-0.2, -0.15) is 0 Å². The Balaban J connectivity index is 2.16. The number of hydrogen-bond donors (Lipinski definition) is 1. The molecule has 1 N–H and O–H groups in total. The summed E-state index contributed by atoms with van der Waals surface area (Å²) in [7, 11) is 0. The van der Waals surface area contributed by atoms with E-state index in [-0.39, 0.29) is 5.56 Å². The van der Waals surface area contributed by atoms with Crippen LogP contribution in [-0.2, 0) is 80.9 Å². The van der Waals surface area contributed by atoms with Gasteiger partial charge >= 0.3 is 41.8 Å². The first kappa shape index (κ1) is 43.0. The fourth-order valence-electron chi connectivity index (χ4n) is 5.61. The summed E-state index contributed by atoms with van der Waals surface area (Å²) in [6.07, 6.45) is -14.7. The van der Waals surface area contributed by atoms with Crippen LogP contribution in [-0.4, -0.2) is 122 Å². The maximum Gasteiger partial charge on any atom is 0.303 e. The fourth-order valence-corrected chi connectivity index (χ4v) is 5.61. The van der Waals surface area contributed by atoms with E-state index in [2.05, 4.69) is 11.9 Å². The van der Waals surface area contributed by atoms with Gasteiger partial charge in [0.05, 0.1) is 0 Å². The van der Waals surface area contributed by atoms with E-state index in [4.69, 9.17) is 47.4 Å². The monoisotopic (exact) mass is 765 g/mol. The molecule has 0 aliphatic carbocycles. The van der Waals surface area contributed by atoms with Crippen LogP contribution >= 0.6 is 0 Å². The molecule has 19 heteroatoms. The maximum atomic E-state index is 13.4. The van der Waals surface area contributed by atoms with E-state index in [9.17, 15) is 38.4 Å². The van der Waals surface area contributed by atoms with Crippen molar-refractivity contribution in [3.63, 3.8) is 0 Å². The van der Waals surface area contributed by atoms with Crippen molar-refractivity contribution < 1.29 is 85.7 Å². The Labute approximate surface area is 309 Å². The molecule has 10 atom stereocenters. The van der Waals surface area contributed by atoms with Crippen LogP contribution in [0.3, 0.4) is 0 Å². The molecule has 296 valence electrons. The van der Waals surface area contributed by atoms with Crippen LogP contribution in [0.4, 0.5) is 0 Å². The zero-order valence-corrected chi connectivity index (χ0v) is 30.6. The summed E-state index contributed by atoms with van der Waals surface area (Å²) in [5, 5.41) is 2.59. The number of nitrogens with one attached hydrogen (secondary N) is 1. The normalized spacial score (nSPS) is 27.5. The van der Waals surface area contributed by atoms with E-state index in [1.165, 1.54) is 12.1 Å². The standard InChI is InChI=1S/C35H43NO18/c1-9-23-10-12-24(13-11-23)33(44)36-34-31(50-21(7)42)29(48-19(5)40)28(25(52-34)14-45-16(2)37)54-35-32(51-22(8)43)30(49-20(6)41)27(47-18(4)39)26(53-35)15-46-17(3)38/h9-13,25-32,34-35H,1,14-15H2,2-8H3,(H,36,44)/t25-,26-,27+,28-,29+,30+,31-,32-,34?,35+/m1/s1. The average Bonchev–Trinajstić information content (AvgIpc) is 3.07. The van der Waals surface area contributed by atoms with Crippen LogP contribution in [0.2, 0.25) is 0 Å². The summed E-state index contributed by atoms with van der Waals surface area (Å²) < 4.78 is 56.3. The van der Waals surface area contributed by atoms with Crippen LogP contribution in [0.25, 0.3) is 6.08 Å². The van der Waals surface area contributed by atoms with Crippen LogP contribution in [0, 0.1) is 0 Å². The zero-order chi connectivity index (χ0) is 40.3. The van der Waals surface area contributed by atoms with Gasteiger partial charge in [0.2, 0.25) is 0 Å². The first-order valence-electron chi connectivity index (χ1n) is 16.5. The average molecular weight is 766 g/mol. The molecule has 0 radical (unpaired) electrons. The summed E-state index contributed by atoms with van der Waals surface area (Å²) in [6.45, 7) is 9.79. The van der Waals surface area contributed by atoms with E-state index < -0.39 is 122 Å². The van der Waals surface area contributed by atoms with Crippen LogP contribution in [0.15, 0.2) is 30.8 Å². The van der Waals surface area contributed by atoms with Crippen LogP contribution in [0.1, 0.15) is 64.4 Å². The minimum Gasteiger partial charge on any atom is -0.463 e. The predicted octanol–water partition coefficient (Wildman–Crippen LogP) is 0.679. The largest absolute Gasteiger partial charge is 0.463 e. The smallest absolute Gasteiger partial charge is 0.303 e. The second kappa shape index (κ2) is 19.6. The summed E-state index contributed by atoms with van der Waals surface area (Å²) in [5.74, 6) is -6.82. The lowest BCUT2D eigenvalue weighted by molar-refractivity contribution is -0.345. The van der Waals surface area contributed by atoms with E-state index in [0.29, 0.717) is 0 Å². The quantitative estimate of drug-likeness (QED) is 0.202. The van der Waals surface area contributed by atoms with Gasteiger partial charge in [-0.3, -0.25) is 38.4 Å². The third-order valence-electron chi connectivity index (χ3n) is 7.61. The summed E-state index contributed by atoms with van der Waals surface area (Å²) in [4.78, 5) is 99.2. The molecule has 2 saturated heterocycles. The third-order valence-corrected chi connectivity index (χ3v) is 7.61. The first-order chi connectivity index (χ1) is 25.4. The maximum absolute atomic E-state index is 13.4. The second-order valence-electron chi connectivity index (χ2n) is 12.0. The molecule has 3 rings (SSSR count). The summed E-state index contributed by atoms with van der Waals surface area (Å²) >= 11 is 0. The van der Waals surface area contributed by atoms with Gasteiger partial charge < -0.3 is 52.7 Å². The molecule has 2 aliphatic heterocycles. The molecule has 2 fully saturated rings. The number of esters is 7. The van der Waals surface area contributed by atoms with E-state index >= 15 is 0 Å². The number of amides is 1. The van der Waals surface area contributed by atoms with Crippen molar-refractivity contribution in [2.45, 2.75) is 110 Å². The molecule has 0 spiro atoms. The van der Waals surface area contributed by atoms with Crippen molar-refractivity contribution in [1.82, 2.24) is 5.32 Å². The van der Waals surface area contributed by atoms with Crippen LogP contribution in [0.5, 0.6) is 0 Å². The van der Waals surface area contributed by atoms with Gasteiger partial charge in [-0.25, -0.2) is 0 Å². The Hall–Kier alpha value is -5.40. The Morgan fingerprint density at radius 1 is 0.574 bits per heavy atom. The molecule has 54 heavy (non-hydrogen) atoms. The van der Waals surface area contributed by atoms with Crippen molar-refractivity contribution in [1.29, 1.82) is 0 Å². The molecule has 0 saturated carbocycles. The molecular weight excluding hydrogens is 722 g/mol. The minimum atomic E-state index is -1.84. The minimum absolute atomic E-state index is 0.155. The number of carbonyl (C=O) groups is 8. The van der Waals surface area contributed by atoms with Gasteiger partial charge in [-0.05, 0) is 17.7 Å². The highest BCUT2D eigenvalue weighted by Crippen LogP contribution is 2.35. The SMILES string of the molecule is C=Cc1ccc(C(=O)NC2O[C@H](COC(C)=O)[C@@H](O[C@@H]3O[C@H](COC(C)=O)[C@H](OC(C)=O)[C@H](OC(C)=O)[C@H]3OC(C)=O)[C@H](OC(C)=O)[C@H]2OC(C)=O)cc1. The number of hydrogen-bond acceptors (Lipinski definition) is 18. The second-order valence-corrected chi connectivity index (χ2v) is 12.0. The molecule has 1 aromatic rings. The van der Waals surface area contributed by atoms with Gasteiger partial charge in [-0.15, -0.1) is 0 Å². The Bertz CT molecular complexity index is 1580. The molecule has 2 aliphatic rings. The lowest BCUT2D eigenvalue weighted by atomic mass is 9.95. The number of ether oxygens (including phenoxy) is 10.